The molecule has 9 heteroatoms. The first-order chi connectivity index (χ1) is 10.0. The van der Waals surface area contributed by atoms with E-state index in [0.717, 1.165) is 18.7 Å². The van der Waals surface area contributed by atoms with Gasteiger partial charge in [-0.1, -0.05) is 0 Å². The van der Waals surface area contributed by atoms with Crippen LogP contribution in [0.15, 0.2) is 24.5 Å². The Bertz CT molecular complexity index is 632. The van der Waals surface area contributed by atoms with Crippen LogP contribution < -0.4 is 5.32 Å². The zero-order valence-electron chi connectivity index (χ0n) is 11.6. The summed E-state index contributed by atoms with van der Waals surface area (Å²) in [5, 5.41) is 21.1. The summed E-state index contributed by atoms with van der Waals surface area (Å²) in [7, 11) is 0. The molecule has 0 aliphatic rings. The molecule has 0 saturated heterocycles. The molecular formula is C12H16N6O3. The number of carbonyl (C=O) groups is 1. The molecule has 0 aliphatic carbocycles. The Morgan fingerprint density at radius 3 is 2.71 bits per heavy atom. The maximum Gasteiger partial charge on any atom is 0.389 e. The highest BCUT2D eigenvalue weighted by atomic mass is 16.6. The second kappa shape index (κ2) is 6.64. The molecule has 21 heavy (non-hydrogen) atoms. The third-order valence-corrected chi connectivity index (χ3v) is 2.78. The van der Waals surface area contributed by atoms with Crippen molar-refractivity contribution in [3.8, 4) is 0 Å². The zero-order valence-corrected chi connectivity index (χ0v) is 11.6. The summed E-state index contributed by atoms with van der Waals surface area (Å²) in [5.41, 5.74) is 0.958. The highest BCUT2D eigenvalue weighted by molar-refractivity contribution is 5.75. The number of hydrogen-bond donors (Lipinski definition) is 1. The van der Waals surface area contributed by atoms with Gasteiger partial charge >= 0.3 is 5.82 Å². The third-order valence-electron chi connectivity index (χ3n) is 2.78. The van der Waals surface area contributed by atoms with Crippen molar-refractivity contribution in [2.75, 3.05) is 6.54 Å². The van der Waals surface area contributed by atoms with Gasteiger partial charge in [-0.25, -0.2) is 0 Å². The first-order valence-electron chi connectivity index (χ1n) is 6.49. The van der Waals surface area contributed by atoms with E-state index in [1.165, 1.54) is 16.9 Å². The average molecular weight is 292 g/mol. The first-order valence-corrected chi connectivity index (χ1v) is 6.49. The molecule has 0 aromatic carbocycles. The summed E-state index contributed by atoms with van der Waals surface area (Å²) in [6.07, 6.45) is 4.05. The van der Waals surface area contributed by atoms with Gasteiger partial charge in [-0.05, 0) is 24.3 Å². The summed E-state index contributed by atoms with van der Waals surface area (Å²) in [4.78, 5) is 21.5. The zero-order chi connectivity index (χ0) is 15.2. The van der Waals surface area contributed by atoms with Gasteiger partial charge in [0, 0.05) is 19.3 Å². The van der Waals surface area contributed by atoms with E-state index in [4.69, 9.17) is 0 Å². The quantitative estimate of drug-likeness (QED) is 0.454. The van der Waals surface area contributed by atoms with Crippen molar-refractivity contribution in [2.45, 2.75) is 26.4 Å². The van der Waals surface area contributed by atoms with Crippen molar-refractivity contribution >= 4 is 11.7 Å². The van der Waals surface area contributed by atoms with Crippen molar-refractivity contribution in [1.82, 2.24) is 24.9 Å². The van der Waals surface area contributed by atoms with E-state index in [9.17, 15) is 14.9 Å². The summed E-state index contributed by atoms with van der Waals surface area (Å²) in [6.45, 7) is 3.12. The van der Waals surface area contributed by atoms with Gasteiger partial charge in [0.2, 0.25) is 5.91 Å². The lowest BCUT2D eigenvalue weighted by Gasteiger charge is -2.04. The fraction of sp³-hybridized carbons (Fsp3) is 0.417. The van der Waals surface area contributed by atoms with E-state index in [-0.39, 0.29) is 18.3 Å². The summed E-state index contributed by atoms with van der Waals surface area (Å²) in [6, 6.07) is 3.18. The van der Waals surface area contributed by atoms with E-state index >= 15 is 0 Å². The van der Waals surface area contributed by atoms with Gasteiger partial charge in [0.15, 0.2) is 0 Å². The van der Waals surface area contributed by atoms with E-state index in [1.54, 1.807) is 0 Å². The molecule has 0 fully saturated rings. The molecule has 2 aromatic rings. The van der Waals surface area contributed by atoms with E-state index in [2.05, 4.69) is 15.5 Å². The minimum absolute atomic E-state index is 0.0330. The van der Waals surface area contributed by atoms with Crippen molar-refractivity contribution in [1.29, 1.82) is 0 Å². The molecule has 1 amide bonds. The predicted molar refractivity (Wildman–Crippen MR) is 73.5 cm³/mol. The second-order valence-corrected chi connectivity index (χ2v) is 4.55. The van der Waals surface area contributed by atoms with E-state index in [0.29, 0.717) is 6.54 Å². The van der Waals surface area contributed by atoms with Crippen LogP contribution in [0.4, 0.5) is 5.82 Å². The SMILES string of the molecule is Cc1ccn(CCCNC(=O)Cn2ccc([N+](=O)[O-])n2)n1. The molecule has 0 unspecified atom stereocenters. The molecule has 0 saturated carbocycles. The molecule has 0 spiro atoms. The highest BCUT2D eigenvalue weighted by Crippen LogP contribution is 2.04. The van der Waals surface area contributed by atoms with Crippen LogP contribution in [0.2, 0.25) is 0 Å². The smallest absolute Gasteiger partial charge is 0.358 e. The van der Waals surface area contributed by atoms with Crippen LogP contribution >= 0.6 is 0 Å². The predicted octanol–water partition coefficient (Wildman–Crippen LogP) is 0.503. The average Bonchev–Trinajstić information content (AvgIpc) is 3.04. The standard InChI is InChI=1S/C12H16N6O3/c1-10-3-7-16(14-10)6-2-5-13-12(19)9-17-8-4-11(15-17)18(20)21/h3-4,7-8H,2,5-6,9H2,1H3,(H,13,19). The van der Waals surface area contributed by atoms with Crippen LogP contribution in [-0.2, 0) is 17.9 Å². The van der Waals surface area contributed by atoms with Crippen LogP contribution in [0.25, 0.3) is 0 Å². The topological polar surface area (TPSA) is 108 Å². The second-order valence-electron chi connectivity index (χ2n) is 4.55. The number of amides is 1. The number of nitrogens with one attached hydrogen (secondary N) is 1. The number of hydrogen-bond acceptors (Lipinski definition) is 5. The van der Waals surface area contributed by atoms with Gasteiger partial charge in [-0.3, -0.25) is 9.48 Å². The Labute approximate surface area is 120 Å². The number of nitro groups is 1. The molecule has 1 N–H and O–H groups in total. The Morgan fingerprint density at radius 2 is 2.10 bits per heavy atom. The van der Waals surface area contributed by atoms with Crippen LogP contribution in [0.5, 0.6) is 0 Å². The molecule has 0 bridgehead atoms. The largest absolute Gasteiger partial charge is 0.389 e. The van der Waals surface area contributed by atoms with Crippen molar-refractivity contribution < 1.29 is 9.72 Å². The molecule has 0 atom stereocenters. The molecule has 9 nitrogen and oxygen atoms in total. The fourth-order valence-electron chi connectivity index (χ4n) is 1.80. The molecule has 0 aliphatic heterocycles. The third kappa shape index (κ3) is 4.41. The van der Waals surface area contributed by atoms with E-state index < -0.39 is 4.92 Å². The summed E-state index contributed by atoms with van der Waals surface area (Å²) in [5.74, 6) is -0.499. The number of aromatic nitrogens is 4. The lowest BCUT2D eigenvalue weighted by atomic mass is 10.4. The Hall–Kier alpha value is -2.71. The van der Waals surface area contributed by atoms with Gasteiger partial charge in [0.25, 0.3) is 0 Å². The van der Waals surface area contributed by atoms with Gasteiger partial charge < -0.3 is 15.4 Å². The van der Waals surface area contributed by atoms with Gasteiger partial charge in [0.05, 0.1) is 23.1 Å². The molecule has 2 aromatic heterocycles. The fourth-order valence-corrected chi connectivity index (χ4v) is 1.80. The Morgan fingerprint density at radius 1 is 1.33 bits per heavy atom. The van der Waals surface area contributed by atoms with Gasteiger partial charge in [-0.2, -0.15) is 9.78 Å². The van der Waals surface area contributed by atoms with Crippen molar-refractivity contribution in [3.63, 3.8) is 0 Å². The van der Waals surface area contributed by atoms with Gasteiger partial charge in [0.1, 0.15) is 6.54 Å². The molecule has 2 heterocycles. The summed E-state index contributed by atoms with van der Waals surface area (Å²) >= 11 is 0. The number of rotatable bonds is 7. The monoisotopic (exact) mass is 292 g/mol. The van der Waals surface area contributed by atoms with E-state index in [1.807, 2.05) is 23.9 Å². The molecular weight excluding hydrogens is 276 g/mol. The molecule has 112 valence electrons. The first kappa shape index (κ1) is 14.7. The Kier molecular flexibility index (Phi) is 4.64. The summed E-state index contributed by atoms with van der Waals surface area (Å²) < 4.78 is 3.06. The lowest BCUT2D eigenvalue weighted by Crippen LogP contribution is -2.29. The number of nitrogens with zero attached hydrogens (tertiary/aromatic N) is 5. The number of aryl methyl sites for hydroxylation is 2. The minimum Gasteiger partial charge on any atom is -0.358 e. The van der Waals surface area contributed by atoms with Crippen LogP contribution in [0.1, 0.15) is 12.1 Å². The molecule has 0 radical (unpaired) electrons. The minimum atomic E-state index is -0.597. The maximum atomic E-state index is 11.6. The highest BCUT2D eigenvalue weighted by Gasteiger charge is 2.12. The van der Waals surface area contributed by atoms with Crippen molar-refractivity contribution in [2.24, 2.45) is 0 Å². The normalized spacial score (nSPS) is 10.5. The Balaban J connectivity index is 1.68. The van der Waals surface area contributed by atoms with Crippen LogP contribution in [-0.4, -0.2) is 36.9 Å². The van der Waals surface area contributed by atoms with Crippen LogP contribution in [0.3, 0.4) is 0 Å². The van der Waals surface area contributed by atoms with Crippen LogP contribution in [0, 0.1) is 17.0 Å². The van der Waals surface area contributed by atoms with Crippen molar-refractivity contribution in [3.05, 3.63) is 40.3 Å². The molecule has 2 rings (SSSR count). The van der Waals surface area contributed by atoms with Gasteiger partial charge in [-0.15, -0.1) is 0 Å². The number of carbonyl (C=O) groups excluding carboxylic acids is 1. The maximum absolute atomic E-state index is 11.6. The lowest BCUT2D eigenvalue weighted by molar-refractivity contribution is -0.389.